The number of rotatable bonds is 4. The molecule has 8 heteroatoms. The number of piperidine rings is 1. The standard InChI is InChI=1S/C18H18N2O5S/c21-18(13-4-5-15-16(10-13)25-12-24-15)14-6-7-19-11-17(14)26(22,23)20-8-2-1-3-9-20/h4-7,10-11H,1-3,8-9,12H2. The topological polar surface area (TPSA) is 85.8 Å². The lowest BCUT2D eigenvalue weighted by Gasteiger charge is -2.26. The normalized spacial score (nSPS) is 17.2. The molecule has 0 spiro atoms. The molecule has 0 unspecified atom stereocenters. The second kappa shape index (κ2) is 6.69. The Balaban J connectivity index is 1.72. The van der Waals surface area contributed by atoms with Crippen molar-refractivity contribution >= 4 is 15.8 Å². The first-order valence-corrected chi connectivity index (χ1v) is 9.90. The van der Waals surface area contributed by atoms with Gasteiger partial charge in [0.1, 0.15) is 4.90 Å². The lowest BCUT2D eigenvalue weighted by Crippen LogP contribution is -2.36. The third-order valence-electron chi connectivity index (χ3n) is 4.60. The Hall–Kier alpha value is -2.45. The summed E-state index contributed by atoms with van der Waals surface area (Å²) in [5, 5.41) is 0. The molecule has 26 heavy (non-hydrogen) atoms. The maximum atomic E-state index is 13.0. The van der Waals surface area contributed by atoms with Crippen LogP contribution in [0.4, 0.5) is 0 Å². The quantitative estimate of drug-likeness (QED) is 0.763. The number of aromatic nitrogens is 1. The average Bonchev–Trinajstić information content (AvgIpc) is 3.16. The van der Waals surface area contributed by atoms with E-state index < -0.39 is 10.0 Å². The fourth-order valence-electron chi connectivity index (χ4n) is 3.21. The Labute approximate surface area is 151 Å². The van der Waals surface area contributed by atoms with Crippen molar-refractivity contribution in [1.29, 1.82) is 0 Å². The van der Waals surface area contributed by atoms with Gasteiger partial charge in [-0.05, 0) is 37.1 Å². The van der Waals surface area contributed by atoms with E-state index in [0.29, 0.717) is 30.2 Å². The first kappa shape index (κ1) is 17.0. The number of ether oxygens (including phenoxy) is 2. The monoisotopic (exact) mass is 374 g/mol. The Morgan fingerprint density at radius 1 is 1.04 bits per heavy atom. The van der Waals surface area contributed by atoms with E-state index in [1.54, 1.807) is 18.2 Å². The number of sulfonamides is 1. The molecule has 0 saturated carbocycles. The zero-order valence-electron chi connectivity index (χ0n) is 14.1. The van der Waals surface area contributed by atoms with E-state index in [-0.39, 0.29) is 23.0 Å². The van der Waals surface area contributed by atoms with Crippen LogP contribution in [0.3, 0.4) is 0 Å². The lowest BCUT2D eigenvalue weighted by molar-refractivity contribution is 0.103. The molecule has 2 aromatic rings. The van der Waals surface area contributed by atoms with Gasteiger partial charge in [-0.1, -0.05) is 6.42 Å². The average molecular weight is 374 g/mol. The summed E-state index contributed by atoms with van der Waals surface area (Å²) in [6, 6.07) is 6.27. The minimum atomic E-state index is -3.76. The zero-order valence-corrected chi connectivity index (χ0v) is 14.9. The van der Waals surface area contributed by atoms with Crippen LogP contribution < -0.4 is 9.47 Å². The van der Waals surface area contributed by atoms with E-state index in [1.165, 1.54) is 22.8 Å². The van der Waals surface area contributed by atoms with Crippen molar-refractivity contribution in [3.63, 3.8) is 0 Å². The van der Waals surface area contributed by atoms with Gasteiger partial charge in [-0.2, -0.15) is 4.31 Å². The van der Waals surface area contributed by atoms with Crippen LogP contribution >= 0.6 is 0 Å². The fourth-order valence-corrected chi connectivity index (χ4v) is 4.86. The number of carbonyl (C=O) groups is 1. The minimum absolute atomic E-state index is 0.0513. The van der Waals surface area contributed by atoms with Crippen LogP contribution in [0.1, 0.15) is 35.2 Å². The van der Waals surface area contributed by atoms with E-state index >= 15 is 0 Å². The number of hydrogen-bond donors (Lipinski definition) is 0. The predicted octanol–water partition coefficient (Wildman–Crippen LogP) is 2.22. The first-order valence-electron chi connectivity index (χ1n) is 8.46. The second-order valence-electron chi connectivity index (χ2n) is 6.23. The van der Waals surface area contributed by atoms with Crippen molar-refractivity contribution in [3.05, 3.63) is 47.8 Å². The summed E-state index contributed by atoms with van der Waals surface area (Å²) in [6.07, 6.45) is 5.34. The van der Waals surface area contributed by atoms with Gasteiger partial charge in [0, 0.05) is 36.6 Å². The van der Waals surface area contributed by atoms with E-state index in [0.717, 1.165) is 19.3 Å². The van der Waals surface area contributed by atoms with Crippen molar-refractivity contribution in [2.75, 3.05) is 19.9 Å². The van der Waals surface area contributed by atoms with Crippen molar-refractivity contribution in [1.82, 2.24) is 9.29 Å². The van der Waals surface area contributed by atoms with Gasteiger partial charge in [0.15, 0.2) is 17.3 Å². The SMILES string of the molecule is O=C(c1ccc2c(c1)OCO2)c1ccncc1S(=O)(=O)N1CCCCC1. The van der Waals surface area contributed by atoms with Gasteiger partial charge < -0.3 is 9.47 Å². The molecule has 0 atom stereocenters. The molecule has 0 aliphatic carbocycles. The van der Waals surface area contributed by atoms with E-state index in [9.17, 15) is 13.2 Å². The highest BCUT2D eigenvalue weighted by Gasteiger charge is 2.31. The molecule has 1 aromatic heterocycles. The molecule has 0 amide bonds. The molecule has 0 N–H and O–H groups in total. The van der Waals surface area contributed by atoms with Gasteiger partial charge in [-0.3, -0.25) is 9.78 Å². The highest BCUT2D eigenvalue weighted by molar-refractivity contribution is 7.89. The molecule has 1 saturated heterocycles. The van der Waals surface area contributed by atoms with Crippen molar-refractivity contribution in [2.24, 2.45) is 0 Å². The molecule has 2 aliphatic rings. The first-order chi connectivity index (χ1) is 12.6. The molecular formula is C18H18N2O5S. The number of hydrogen-bond acceptors (Lipinski definition) is 6. The third-order valence-corrected chi connectivity index (χ3v) is 6.52. The number of carbonyl (C=O) groups excluding carboxylic acids is 1. The van der Waals surface area contributed by atoms with E-state index in [1.807, 2.05) is 0 Å². The maximum absolute atomic E-state index is 13.0. The second-order valence-corrected chi connectivity index (χ2v) is 8.14. The Morgan fingerprint density at radius 3 is 2.62 bits per heavy atom. The van der Waals surface area contributed by atoms with Crippen LogP contribution in [0.5, 0.6) is 11.5 Å². The van der Waals surface area contributed by atoms with Crippen molar-refractivity contribution < 1.29 is 22.7 Å². The molecular weight excluding hydrogens is 356 g/mol. The maximum Gasteiger partial charge on any atom is 0.245 e. The van der Waals surface area contributed by atoms with Crippen LogP contribution in [0, 0.1) is 0 Å². The summed E-state index contributed by atoms with van der Waals surface area (Å²) in [6.45, 7) is 1.04. The van der Waals surface area contributed by atoms with Gasteiger partial charge >= 0.3 is 0 Å². The smallest absolute Gasteiger partial charge is 0.245 e. The Kier molecular flexibility index (Phi) is 4.37. The van der Waals surface area contributed by atoms with Gasteiger partial charge in [-0.25, -0.2) is 8.42 Å². The highest BCUT2D eigenvalue weighted by Crippen LogP contribution is 2.33. The largest absolute Gasteiger partial charge is 0.454 e. The van der Waals surface area contributed by atoms with Gasteiger partial charge in [0.25, 0.3) is 0 Å². The van der Waals surface area contributed by atoms with Crippen LogP contribution in [0.25, 0.3) is 0 Å². The molecule has 136 valence electrons. The number of nitrogens with zero attached hydrogens (tertiary/aromatic N) is 2. The summed E-state index contributed by atoms with van der Waals surface area (Å²) < 4.78 is 38.0. The van der Waals surface area contributed by atoms with Gasteiger partial charge in [0.2, 0.25) is 16.8 Å². The summed E-state index contributed by atoms with van der Waals surface area (Å²) in [5.74, 6) is 0.657. The molecule has 4 rings (SSSR count). The molecule has 0 bridgehead atoms. The molecule has 0 radical (unpaired) electrons. The van der Waals surface area contributed by atoms with E-state index in [2.05, 4.69) is 4.98 Å². The molecule has 1 aromatic carbocycles. The Morgan fingerprint density at radius 2 is 1.81 bits per heavy atom. The number of benzene rings is 1. The van der Waals surface area contributed by atoms with Gasteiger partial charge in [0.05, 0.1) is 0 Å². The minimum Gasteiger partial charge on any atom is -0.454 e. The lowest BCUT2D eigenvalue weighted by atomic mass is 10.0. The van der Waals surface area contributed by atoms with E-state index in [4.69, 9.17) is 9.47 Å². The van der Waals surface area contributed by atoms with Gasteiger partial charge in [-0.15, -0.1) is 0 Å². The number of pyridine rings is 1. The molecule has 2 aliphatic heterocycles. The Bertz CT molecular complexity index is 952. The summed E-state index contributed by atoms with van der Waals surface area (Å²) in [5.41, 5.74) is 0.458. The summed E-state index contributed by atoms with van der Waals surface area (Å²) >= 11 is 0. The number of ketones is 1. The summed E-state index contributed by atoms with van der Waals surface area (Å²) in [7, 11) is -3.76. The fraction of sp³-hybridized carbons (Fsp3) is 0.333. The third kappa shape index (κ3) is 2.95. The molecule has 3 heterocycles. The van der Waals surface area contributed by atoms with Crippen molar-refractivity contribution in [3.8, 4) is 11.5 Å². The highest BCUT2D eigenvalue weighted by atomic mass is 32.2. The predicted molar refractivity (Wildman–Crippen MR) is 92.8 cm³/mol. The summed E-state index contributed by atoms with van der Waals surface area (Å²) in [4.78, 5) is 16.9. The molecule has 7 nitrogen and oxygen atoms in total. The van der Waals surface area contributed by atoms with Crippen molar-refractivity contribution in [2.45, 2.75) is 24.2 Å². The zero-order chi connectivity index (χ0) is 18.1. The van der Waals surface area contributed by atoms with Crippen LogP contribution in [0.2, 0.25) is 0 Å². The van der Waals surface area contributed by atoms with Crippen LogP contribution in [-0.2, 0) is 10.0 Å². The van der Waals surface area contributed by atoms with Crippen LogP contribution in [0.15, 0.2) is 41.6 Å². The molecule has 1 fully saturated rings. The van der Waals surface area contributed by atoms with Crippen LogP contribution in [-0.4, -0.2) is 43.4 Å². The number of fused-ring (bicyclic) bond motifs is 1.